The lowest BCUT2D eigenvalue weighted by Gasteiger charge is -2.36. The first kappa shape index (κ1) is 15.7. The lowest BCUT2D eigenvalue weighted by atomic mass is 10.00. The smallest absolute Gasteiger partial charge is 0.408 e. The van der Waals surface area contributed by atoms with Crippen LogP contribution in [0.15, 0.2) is 24.3 Å². The Bertz CT molecular complexity index is 502. The molecule has 116 valence electrons. The third-order valence-corrected chi connectivity index (χ3v) is 3.74. The first-order chi connectivity index (χ1) is 9.93. The van der Waals surface area contributed by atoms with E-state index >= 15 is 0 Å². The Balaban J connectivity index is 2.14. The number of carbonyl (C=O) groups is 1. The molecule has 1 amide bonds. The number of ether oxygens (including phenoxy) is 1. The molecule has 3 nitrogen and oxygen atoms in total. The lowest BCUT2D eigenvalue weighted by molar-refractivity contribution is -0.195. The van der Waals surface area contributed by atoms with E-state index < -0.39 is 18.1 Å². The molecule has 0 bridgehead atoms. The van der Waals surface area contributed by atoms with Crippen molar-refractivity contribution in [2.75, 3.05) is 13.7 Å². The molecule has 0 N–H and O–H groups in total. The highest BCUT2D eigenvalue weighted by atomic mass is 19.4. The normalized spacial score (nSPS) is 19.4. The minimum atomic E-state index is -4.36. The molecule has 0 spiro atoms. The summed E-state index contributed by atoms with van der Waals surface area (Å²) in [5.41, 5.74) is 0.608. The van der Waals surface area contributed by atoms with Crippen LogP contribution in [0.4, 0.5) is 13.2 Å². The predicted molar refractivity (Wildman–Crippen MR) is 72.1 cm³/mol. The molecular weight excluding hydrogens is 283 g/mol. The van der Waals surface area contributed by atoms with Crippen LogP contribution in [0.3, 0.4) is 0 Å². The molecule has 1 fully saturated rings. The fourth-order valence-corrected chi connectivity index (χ4v) is 2.68. The molecule has 1 aromatic carbocycles. The third-order valence-electron chi connectivity index (χ3n) is 3.74. The molecular formula is C15H18F3NO2. The summed E-state index contributed by atoms with van der Waals surface area (Å²) >= 11 is 0. The third kappa shape index (κ3) is 3.68. The second-order valence-corrected chi connectivity index (χ2v) is 5.13. The number of carbonyl (C=O) groups excluding carboxylic acids is 1. The molecule has 1 aromatic rings. The van der Waals surface area contributed by atoms with Gasteiger partial charge in [-0.3, -0.25) is 4.79 Å². The molecule has 2 rings (SSSR count). The van der Waals surface area contributed by atoms with E-state index in [1.807, 2.05) is 0 Å². The summed E-state index contributed by atoms with van der Waals surface area (Å²) in [6, 6.07) is 5.23. The summed E-state index contributed by atoms with van der Waals surface area (Å²) in [6.45, 7) is 0.165. The van der Waals surface area contributed by atoms with Gasteiger partial charge in [0.1, 0.15) is 11.8 Å². The van der Waals surface area contributed by atoms with Crippen molar-refractivity contribution < 1.29 is 22.7 Å². The Hall–Kier alpha value is -1.72. The topological polar surface area (TPSA) is 29.5 Å². The molecule has 1 aliphatic heterocycles. The van der Waals surface area contributed by atoms with E-state index in [9.17, 15) is 18.0 Å². The summed E-state index contributed by atoms with van der Waals surface area (Å²) in [6.07, 6.45) is -3.33. The largest absolute Gasteiger partial charge is 0.496 e. The lowest BCUT2D eigenvalue weighted by Crippen LogP contribution is -2.51. The average molecular weight is 301 g/mol. The van der Waals surface area contributed by atoms with Crippen molar-refractivity contribution in [3.05, 3.63) is 29.8 Å². The van der Waals surface area contributed by atoms with Gasteiger partial charge >= 0.3 is 6.18 Å². The summed E-state index contributed by atoms with van der Waals surface area (Å²) in [5, 5.41) is 0. The zero-order valence-corrected chi connectivity index (χ0v) is 11.8. The van der Waals surface area contributed by atoms with Gasteiger partial charge in [0.05, 0.1) is 13.5 Å². The SMILES string of the molecule is COc1ccccc1CC(=O)N1CCCCC1C(F)(F)F. The standard InChI is InChI=1S/C15H18F3NO2/c1-21-12-7-3-2-6-11(12)10-14(20)19-9-5-4-8-13(19)15(16,17)18/h2-3,6-7,13H,4-5,8-10H2,1H3. The number of para-hydroxylation sites is 1. The van der Waals surface area contributed by atoms with Crippen LogP contribution in [0.5, 0.6) is 5.75 Å². The van der Waals surface area contributed by atoms with Crippen LogP contribution in [0.25, 0.3) is 0 Å². The minimum Gasteiger partial charge on any atom is -0.496 e. The van der Waals surface area contributed by atoms with Crippen molar-refractivity contribution in [3.63, 3.8) is 0 Å². The van der Waals surface area contributed by atoms with Crippen LogP contribution in [0.2, 0.25) is 0 Å². The number of amides is 1. The van der Waals surface area contributed by atoms with Gasteiger partial charge in [0, 0.05) is 12.1 Å². The average Bonchev–Trinajstić information content (AvgIpc) is 2.47. The van der Waals surface area contributed by atoms with Gasteiger partial charge in [0.25, 0.3) is 0 Å². The number of hydrogen-bond acceptors (Lipinski definition) is 2. The Morgan fingerprint density at radius 2 is 2.05 bits per heavy atom. The van der Waals surface area contributed by atoms with E-state index in [0.29, 0.717) is 24.2 Å². The number of benzene rings is 1. The van der Waals surface area contributed by atoms with E-state index in [2.05, 4.69) is 0 Å². The van der Waals surface area contributed by atoms with Gasteiger partial charge in [-0.05, 0) is 25.3 Å². The van der Waals surface area contributed by atoms with Crippen molar-refractivity contribution in [1.29, 1.82) is 0 Å². The van der Waals surface area contributed by atoms with Crippen LogP contribution >= 0.6 is 0 Å². The van der Waals surface area contributed by atoms with Gasteiger partial charge in [-0.1, -0.05) is 18.2 Å². The number of alkyl halides is 3. The van der Waals surface area contributed by atoms with Gasteiger partial charge in [0.15, 0.2) is 0 Å². The first-order valence-corrected chi connectivity index (χ1v) is 6.91. The van der Waals surface area contributed by atoms with Gasteiger partial charge in [-0.25, -0.2) is 0 Å². The maximum atomic E-state index is 13.0. The Morgan fingerprint density at radius 1 is 1.33 bits per heavy atom. The maximum absolute atomic E-state index is 13.0. The van der Waals surface area contributed by atoms with Crippen molar-refractivity contribution in [2.24, 2.45) is 0 Å². The van der Waals surface area contributed by atoms with Crippen LogP contribution in [-0.2, 0) is 11.2 Å². The van der Waals surface area contributed by atoms with Crippen molar-refractivity contribution >= 4 is 5.91 Å². The minimum absolute atomic E-state index is 0.0127. The second-order valence-electron chi connectivity index (χ2n) is 5.13. The molecule has 0 aromatic heterocycles. The van der Waals surface area contributed by atoms with Crippen LogP contribution in [-0.4, -0.2) is 36.7 Å². The van der Waals surface area contributed by atoms with Gasteiger partial charge in [-0.2, -0.15) is 13.2 Å². The monoisotopic (exact) mass is 301 g/mol. The molecule has 21 heavy (non-hydrogen) atoms. The second kappa shape index (κ2) is 6.37. The molecule has 1 atom stereocenters. The summed E-state index contributed by atoms with van der Waals surface area (Å²) in [4.78, 5) is 13.2. The molecule has 6 heteroatoms. The molecule has 1 saturated heterocycles. The molecule has 1 aliphatic rings. The number of rotatable bonds is 3. The van der Waals surface area contributed by atoms with E-state index in [1.54, 1.807) is 24.3 Å². The summed E-state index contributed by atoms with van der Waals surface area (Å²) in [5.74, 6) is 0.0212. The summed E-state index contributed by atoms with van der Waals surface area (Å²) in [7, 11) is 1.47. The first-order valence-electron chi connectivity index (χ1n) is 6.91. The van der Waals surface area contributed by atoms with Crippen molar-refractivity contribution in [1.82, 2.24) is 4.90 Å². The number of nitrogens with zero attached hydrogens (tertiary/aromatic N) is 1. The predicted octanol–water partition coefficient (Wildman–Crippen LogP) is 3.18. The number of halogens is 3. The maximum Gasteiger partial charge on any atom is 0.408 e. The Labute approximate surface area is 121 Å². The van der Waals surface area contributed by atoms with E-state index in [-0.39, 0.29) is 19.4 Å². The zero-order chi connectivity index (χ0) is 15.5. The van der Waals surface area contributed by atoms with E-state index in [1.165, 1.54) is 7.11 Å². The molecule has 0 saturated carbocycles. The quantitative estimate of drug-likeness (QED) is 0.858. The zero-order valence-electron chi connectivity index (χ0n) is 11.8. The van der Waals surface area contributed by atoms with Gasteiger partial charge < -0.3 is 9.64 Å². The number of methoxy groups -OCH3 is 1. The van der Waals surface area contributed by atoms with Gasteiger partial charge in [-0.15, -0.1) is 0 Å². The highest BCUT2D eigenvalue weighted by Gasteiger charge is 2.46. The fourth-order valence-electron chi connectivity index (χ4n) is 2.68. The van der Waals surface area contributed by atoms with E-state index in [0.717, 1.165) is 4.90 Å². The number of hydrogen-bond donors (Lipinski definition) is 0. The Morgan fingerprint density at radius 3 is 2.71 bits per heavy atom. The number of piperidine rings is 1. The number of likely N-dealkylation sites (tertiary alicyclic amines) is 1. The molecule has 1 unspecified atom stereocenters. The van der Waals surface area contributed by atoms with E-state index in [4.69, 9.17) is 4.74 Å². The van der Waals surface area contributed by atoms with Gasteiger partial charge in [0.2, 0.25) is 5.91 Å². The molecule has 1 heterocycles. The fraction of sp³-hybridized carbons (Fsp3) is 0.533. The highest BCUT2D eigenvalue weighted by molar-refractivity contribution is 5.80. The van der Waals surface area contributed by atoms with Crippen LogP contribution in [0.1, 0.15) is 24.8 Å². The molecule has 0 radical (unpaired) electrons. The molecule has 0 aliphatic carbocycles. The van der Waals surface area contributed by atoms with Crippen molar-refractivity contribution in [2.45, 2.75) is 37.9 Å². The highest BCUT2D eigenvalue weighted by Crippen LogP contribution is 2.32. The Kier molecular flexibility index (Phi) is 4.75. The summed E-state index contributed by atoms with van der Waals surface area (Å²) < 4.78 is 44.2. The van der Waals surface area contributed by atoms with Crippen LogP contribution in [0, 0.1) is 0 Å². The van der Waals surface area contributed by atoms with Crippen molar-refractivity contribution in [3.8, 4) is 5.75 Å². The van der Waals surface area contributed by atoms with Crippen LogP contribution < -0.4 is 4.74 Å².